The smallest absolute Gasteiger partial charge is 0.411 e. The van der Waals surface area contributed by atoms with Crippen LogP contribution in [-0.2, 0) is 9.53 Å². The summed E-state index contributed by atoms with van der Waals surface area (Å²) in [5.41, 5.74) is -0.340. The fourth-order valence-electron chi connectivity index (χ4n) is 2.95. The minimum absolute atomic E-state index is 0.0395. The molecule has 126 valence electrons. The van der Waals surface area contributed by atoms with Crippen molar-refractivity contribution < 1.29 is 14.3 Å². The predicted octanol–water partition coefficient (Wildman–Crippen LogP) is 2.94. The van der Waals surface area contributed by atoms with Crippen LogP contribution in [-0.4, -0.2) is 41.1 Å². The molecule has 1 saturated heterocycles. The van der Waals surface area contributed by atoms with Crippen LogP contribution in [0.25, 0.3) is 0 Å². The molecule has 0 aromatic carbocycles. The standard InChI is InChI=1S/C17H30N2O3/c1-16(2,3)7-8-18-14(20)13-10-11-9-12(11)19(13)15(21)22-17(4,5)6/h11-13H,7-10H2,1-6H3,(H,18,20)/t11-,12-,13+/m1/s1. The highest BCUT2D eigenvalue weighted by molar-refractivity contribution is 5.87. The summed E-state index contributed by atoms with van der Waals surface area (Å²) in [6, 6.07) is -0.160. The summed E-state index contributed by atoms with van der Waals surface area (Å²) in [5, 5.41) is 2.98. The number of hydrogen-bond acceptors (Lipinski definition) is 3. The lowest BCUT2D eigenvalue weighted by Gasteiger charge is -2.30. The largest absolute Gasteiger partial charge is 0.444 e. The van der Waals surface area contributed by atoms with Gasteiger partial charge in [-0.1, -0.05) is 20.8 Å². The molecule has 0 unspecified atom stereocenters. The molecule has 0 aromatic heterocycles. The fraction of sp³-hybridized carbons (Fsp3) is 0.882. The zero-order chi connectivity index (χ0) is 16.7. The first-order valence-electron chi connectivity index (χ1n) is 8.27. The highest BCUT2D eigenvalue weighted by Crippen LogP contribution is 2.48. The number of fused-ring (bicyclic) bond motifs is 1. The minimum atomic E-state index is -0.530. The van der Waals surface area contributed by atoms with Crippen LogP contribution in [0.3, 0.4) is 0 Å². The quantitative estimate of drug-likeness (QED) is 0.872. The zero-order valence-electron chi connectivity index (χ0n) is 14.7. The average molecular weight is 310 g/mol. The maximum Gasteiger partial charge on any atom is 0.411 e. The van der Waals surface area contributed by atoms with Crippen molar-refractivity contribution in [2.45, 2.75) is 78.5 Å². The van der Waals surface area contributed by atoms with E-state index in [2.05, 4.69) is 26.1 Å². The first-order valence-corrected chi connectivity index (χ1v) is 8.27. The Morgan fingerprint density at radius 2 is 1.77 bits per heavy atom. The Morgan fingerprint density at radius 3 is 2.32 bits per heavy atom. The van der Waals surface area contributed by atoms with Crippen molar-refractivity contribution in [2.24, 2.45) is 11.3 Å². The number of ether oxygens (including phenoxy) is 1. The molecule has 2 fully saturated rings. The molecule has 2 amide bonds. The highest BCUT2D eigenvalue weighted by Gasteiger charge is 2.57. The van der Waals surface area contributed by atoms with Gasteiger partial charge >= 0.3 is 6.09 Å². The number of amides is 2. The Balaban J connectivity index is 1.92. The van der Waals surface area contributed by atoms with Crippen molar-refractivity contribution in [3.05, 3.63) is 0 Å². The summed E-state index contributed by atoms with van der Waals surface area (Å²) in [5.74, 6) is 0.438. The van der Waals surface area contributed by atoms with Gasteiger partial charge in [0.05, 0.1) is 0 Å². The lowest BCUT2D eigenvalue weighted by Crippen LogP contribution is -2.49. The first kappa shape index (κ1) is 17.1. The van der Waals surface area contributed by atoms with E-state index in [1.54, 1.807) is 4.90 Å². The summed E-state index contributed by atoms with van der Waals surface area (Å²) < 4.78 is 5.46. The number of nitrogens with one attached hydrogen (secondary N) is 1. The highest BCUT2D eigenvalue weighted by atomic mass is 16.6. The molecule has 1 heterocycles. The maximum atomic E-state index is 12.4. The lowest BCUT2D eigenvalue weighted by molar-refractivity contribution is -0.126. The van der Waals surface area contributed by atoms with Gasteiger partial charge in [-0.2, -0.15) is 0 Å². The van der Waals surface area contributed by atoms with Crippen molar-refractivity contribution in [1.82, 2.24) is 10.2 Å². The first-order chi connectivity index (χ1) is 9.98. The van der Waals surface area contributed by atoms with Crippen molar-refractivity contribution in [2.75, 3.05) is 6.54 Å². The Hall–Kier alpha value is -1.26. The molecule has 5 nitrogen and oxygen atoms in total. The molecule has 5 heteroatoms. The molecular formula is C17H30N2O3. The van der Waals surface area contributed by atoms with Gasteiger partial charge in [0.25, 0.3) is 0 Å². The van der Waals surface area contributed by atoms with Crippen LogP contribution in [0.5, 0.6) is 0 Å². The topological polar surface area (TPSA) is 58.6 Å². The van der Waals surface area contributed by atoms with E-state index < -0.39 is 5.60 Å². The zero-order valence-corrected chi connectivity index (χ0v) is 14.7. The van der Waals surface area contributed by atoms with Gasteiger partial charge in [0.1, 0.15) is 11.6 Å². The van der Waals surface area contributed by atoms with E-state index in [0.717, 1.165) is 19.3 Å². The third kappa shape index (κ3) is 4.37. The minimum Gasteiger partial charge on any atom is -0.444 e. The average Bonchev–Trinajstić information content (AvgIpc) is 2.95. The third-order valence-electron chi connectivity index (χ3n) is 4.19. The second-order valence-electron chi connectivity index (χ2n) is 8.80. The van der Waals surface area contributed by atoms with E-state index in [9.17, 15) is 9.59 Å². The van der Waals surface area contributed by atoms with Gasteiger partial charge in [-0.25, -0.2) is 4.79 Å². The SMILES string of the molecule is CC(C)(C)CCNC(=O)[C@@H]1C[C@H]2C[C@H]2N1C(=O)OC(C)(C)C. The molecule has 2 rings (SSSR count). The van der Waals surface area contributed by atoms with Gasteiger partial charge in [-0.3, -0.25) is 9.69 Å². The molecule has 1 N–H and O–H groups in total. The normalized spacial score (nSPS) is 27.4. The molecule has 1 aliphatic carbocycles. The number of hydrogen-bond donors (Lipinski definition) is 1. The lowest BCUT2D eigenvalue weighted by atomic mass is 9.92. The molecule has 22 heavy (non-hydrogen) atoms. The van der Waals surface area contributed by atoms with Gasteiger partial charge in [0.15, 0.2) is 0 Å². The van der Waals surface area contributed by atoms with Crippen LogP contribution in [0.15, 0.2) is 0 Å². The van der Waals surface area contributed by atoms with E-state index in [0.29, 0.717) is 12.5 Å². The van der Waals surface area contributed by atoms with E-state index in [4.69, 9.17) is 4.74 Å². The summed E-state index contributed by atoms with van der Waals surface area (Å²) in [4.78, 5) is 26.5. The molecule has 0 aromatic rings. The van der Waals surface area contributed by atoms with Crippen LogP contribution < -0.4 is 5.32 Å². The molecule has 3 atom stereocenters. The summed E-state index contributed by atoms with van der Waals surface area (Å²) in [6.45, 7) is 12.7. The number of nitrogens with zero attached hydrogens (tertiary/aromatic N) is 1. The second-order valence-corrected chi connectivity index (χ2v) is 8.80. The Kier molecular flexibility index (Phi) is 4.46. The molecular weight excluding hydrogens is 280 g/mol. The van der Waals surface area contributed by atoms with Gasteiger partial charge < -0.3 is 10.1 Å². The summed E-state index contributed by atoms with van der Waals surface area (Å²) in [7, 11) is 0. The Labute approximate surface area is 133 Å². The van der Waals surface area contributed by atoms with Crippen LogP contribution in [0, 0.1) is 11.3 Å². The van der Waals surface area contributed by atoms with Crippen molar-refractivity contribution in [3.8, 4) is 0 Å². The van der Waals surface area contributed by atoms with Crippen molar-refractivity contribution >= 4 is 12.0 Å². The Bertz CT molecular complexity index is 448. The summed E-state index contributed by atoms with van der Waals surface area (Å²) >= 11 is 0. The third-order valence-corrected chi connectivity index (χ3v) is 4.19. The molecule has 0 radical (unpaired) electrons. The van der Waals surface area contributed by atoms with Gasteiger partial charge in [-0.05, 0) is 51.4 Å². The van der Waals surface area contributed by atoms with E-state index in [1.165, 1.54) is 0 Å². The number of rotatable bonds is 3. The van der Waals surface area contributed by atoms with Crippen LogP contribution in [0.1, 0.15) is 60.8 Å². The van der Waals surface area contributed by atoms with Crippen LogP contribution in [0.2, 0.25) is 0 Å². The van der Waals surface area contributed by atoms with Crippen LogP contribution >= 0.6 is 0 Å². The van der Waals surface area contributed by atoms with Gasteiger partial charge in [0, 0.05) is 12.6 Å². The van der Waals surface area contributed by atoms with Crippen molar-refractivity contribution in [1.29, 1.82) is 0 Å². The van der Waals surface area contributed by atoms with E-state index in [1.807, 2.05) is 20.8 Å². The maximum absolute atomic E-state index is 12.4. The van der Waals surface area contributed by atoms with E-state index >= 15 is 0 Å². The number of likely N-dealkylation sites (tertiary alicyclic amines) is 1. The summed E-state index contributed by atoms with van der Waals surface area (Å²) in [6.07, 6.45) is 2.34. The molecule has 0 bridgehead atoms. The van der Waals surface area contributed by atoms with Gasteiger partial charge in [-0.15, -0.1) is 0 Å². The van der Waals surface area contributed by atoms with Crippen molar-refractivity contribution in [3.63, 3.8) is 0 Å². The number of piperidine rings is 1. The monoisotopic (exact) mass is 310 g/mol. The second kappa shape index (κ2) is 5.74. The molecule has 1 aliphatic heterocycles. The predicted molar refractivity (Wildman–Crippen MR) is 85.5 cm³/mol. The molecule has 0 spiro atoms. The van der Waals surface area contributed by atoms with Crippen LogP contribution in [0.4, 0.5) is 4.79 Å². The van der Waals surface area contributed by atoms with Gasteiger partial charge in [0.2, 0.25) is 5.91 Å². The molecule has 1 saturated carbocycles. The van der Waals surface area contributed by atoms with E-state index in [-0.39, 0.29) is 29.5 Å². The molecule has 2 aliphatic rings. The fourth-order valence-corrected chi connectivity index (χ4v) is 2.95. The Morgan fingerprint density at radius 1 is 1.14 bits per heavy atom. The number of carbonyl (C=O) groups excluding carboxylic acids is 2. The number of carbonyl (C=O) groups is 2.